The molecule has 0 aromatic heterocycles. The molecule has 2 aliphatic rings. The normalized spacial score (nSPS) is 26.8. The summed E-state index contributed by atoms with van der Waals surface area (Å²) in [6.07, 6.45) is 0. The Morgan fingerprint density at radius 2 is 2.24 bits per heavy atom. The lowest BCUT2D eigenvalue weighted by molar-refractivity contribution is 0.600. The molecule has 1 aromatic carbocycles. The van der Waals surface area contributed by atoms with Crippen molar-refractivity contribution in [2.24, 2.45) is 4.99 Å². The molecule has 1 fully saturated rings. The minimum absolute atomic E-state index is 0.0322. The predicted octanol–water partition coefficient (Wildman–Crippen LogP) is 2.68. The van der Waals surface area contributed by atoms with Gasteiger partial charge < -0.3 is 4.90 Å². The van der Waals surface area contributed by atoms with E-state index in [0.29, 0.717) is 15.3 Å². The van der Waals surface area contributed by atoms with Crippen LogP contribution in [0, 0.1) is 5.82 Å². The molecule has 21 heavy (non-hydrogen) atoms. The fourth-order valence-corrected chi connectivity index (χ4v) is 5.74. The molecule has 4 nitrogen and oxygen atoms in total. The zero-order chi connectivity index (χ0) is 15.2. The first-order chi connectivity index (χ1) is 9.91. The van der Waals surface area contributed by atoms with Crippen LogP contribution < -0.4 is 4.90 Å². The molecular formula is C13H14BrFN2O2S2. The third-order valence-electron chi connectivity index (χ3n) is 3.55. The first-order valence-corrected chi connectivity index (χ1v) is 10.2. The SMILES string of the molecule is CCSC1=N[C@@H]2CS(=O)(=O)C[C@H]2N1c1ccc(Br)cc1F. The van der Waals surface area contributed by atoms with Gasteiger partial charge in [-0.3, -0.25) is 4.99 Å². The average molecular weight is 393 g/mol. The molecule has 0 unspecified atom stereocenters. The number of fused-ring (bicyclic) bond motifs is 1. The third kappa shape index (κ3) is 2.85. The molecule has 2 aliphatic heterocycles. The summed E-state index contributed by atoms with van der Waals surface area (Å²) in [5, 5.41) is 0.712. The van der Waals surface area contributed by atoms with Crippen molar-refractivity contribution in [2.75, 3.05) is 22.2 Å². The van der Waals surface area contributed by atoms with E-state index in [2.05, 4.69) is 20.9 Å². The molecule has 0 saturated carbocycles. The molecule has 114 valence electrons. The maximum atomic E-state index is 14.3. The Bertz CT molecular complexity index is 708. The van der Waals surface area contributed by atoms with Crippen molar-refractivity contribution in [2.45, 2.75) is 19.0 Å². The third-order valence-corrected chi connectivity index (χ3v) is 6.59. The predicted molar refractivity (Wildman–Crippen MR) is 88.4 cm³/mol. The van der Waals surface area contributed by atoms with Gasteiger partial charge in [-0.1, -0.05) is 34.6 Å². The number of hydrogen-bond donors (Lipinski definition) is 0. The molecule has 3 rings (SSSR count). The molecule has 0 radical (unpaired) electrons. The Labute approximate surface area is 135 Å². The number of aliphatic imine (C=N–C) groups is 1. The van der Waals surface area contributed by atoms with Gasteiger partial charge in [0.05, 0.1) is 29.3 Å². The lowest BCUT2D eigenvalue weighted by Gasteiger charge is -2.26. The summed E-state index contributed by atoms with van der Waals surface area (Å²) in [7, 11) is -3.10. The minimum atomic E-state index is -3.10. The van der Waals surface area contributed by atoms with Crippen LogP contribution in [0.1, 0.15) is 6.92 Å². The first-order valence-electron chi connectivity index (χ1n) is 6.56. The maximum Gasteiger partial charge on any atom is 0.164 e. The van der Waals surface area contributed by atoms with Gasteiger partial charge >= 0.3 is 0 Å². The molecule has 1 saturated heterocycles. The van der Waals surface area contributed by atoms with Crippen molar-refractivity contribution in [3.8, 4) is 0 Å². The van der Waals surface area contributed by atoms with Gasteiger partial charge in [-0.05, 0) is 24.0 Å². The Hall–Kier alpha value is -0.600. The zero-order valence-electron chi connectivity index (χ0n) is 11.3. The van der Waals surface area contributed by atoms with Gasteiger partial charge in [0.2, 0.25) is 0 Å². The molecule has 8 heteroatoms. The number of halogens is 2. The van der Waals surface area contributed by atoms with Gasteiger partial charge in [0.1, 0.15) is 5.82 Å². The quantitative estimate of drug-likeness (QED) is 0.776. The summed E-state index contributed by atoms with van der Waals surface area (Å²) in [4.78, 5) is 6.26. The second kappa shape index (κ2) is 5.55. The Morgan fingerprint density at radius 3 is 2.90 bits per heavy atom. The number of nitrogens with zero attached hydrogens (tertiary/aromatic N) is 2. The van der Waals surface area contributed by atoms with E-state index in [4.69, 9.17) is 0 Å². The van der Waals surface area contributed by atoms with E-state index in [1.807, 2.05) is 6.92 Å². The summed E-state index contributed by atoms with van der Waals surface area (Å²) in [5.74, 6) is 0.517. The van der Waals surface area contributed by atoms with Crippen molar-refractivity contribution in [3.63, 3.8) is 0 Å². The summed E-state index contributed by atoms with van der Waals surface area (Å²) < 4.78 is 38.6. The number of sulfone groups is 1. The minimum Gasteiger partial charge on any atom is -0.312 e. The van der Waals surface area contributed by atoms with Gasteiger partial charge in [0.15, 0.2) is 15.0 Å². The second-order valence-electron chi connectivity index (χ2n) is 5.02. The fourth-order valence-electron chi connectivity index (χ4n) is 2.72. The highest BCUT2D eigenvalue weighted by Gasteiger charge is 2.47. The van der Waals surface area contributed by atoms with Crippen LogP contribution in [0.15, 0.2) is 27.7 Å². The molecule has 0 bridgehead atoms. The van der Waals surface area contributed by atoms with Crippen LogP contribution >= 0.6 is 27.7 Å². The van der Waals surface area contributed by atoms with Crippen LogP contribution in [0.25, 0.3) is 0 Å². The lowest BCUT2D eigenvalue weighted by atomic mass is 10.1. The van der Waals surface area contributed by atoms with Gasteiger partial charge in [0.25, 0.3) is 0 Å². The number of anilines is 1. The second-order valence-corrected chi connectivity index (χ2v) is 9.32. The summed E-state index contributed by atoms with van der Waals surface area (Å²) in [6.45, 7) is 1.99. The average Bonchev–Trinajstić information content (AvgIpc) is 2.82. The van der Waals surface area contributed by atoms with Crippen molar-refractivity contribution < 1.29 is 12.8 Å². The summed E-state index contributed by atoms with van der Waals surface area (Å²) >= 11 is 4.75. The zero-order valence-corrected chi connectivity index (χ0v) is 14.5. The van der Waals surface area contributed by atoms with E-state index in [1.54, 1.807) is 17.0 Å². The standard InChI is InChI=1S/C13H14BrFN2O2S2/c1-2-20-13-16-10-6-21(18,19)7-12(10)17(13)11-4-3-8(14)5-9(11)15/h3-5,10,12H,2,6-7H2,1H3/t10-,12-/m1/s1. The van der Waals surface area contributed by atoms with Gasteiger partial charge in [-0.2, -0.15) is 0 Å². The van der Waals surface area contributed by atoms with Crippen molar-refractivity contribution in [3.05, 3.63) is 28.5 Å². The van der Waals surface area contributed by atoms with Crippen molar-refractivity contribution in [1.82, 2.24) is 0 Å². The monoisotopic (exact) mass is 392 g/mol. The van der Waals surface area contributed by atoms with Crippen LogP contribution in [-0.2, 0) is 9.84 Å². The van der Waals surface area contributed by atoms with Gasteiger partial charge in [0, 0.05) is 4.47 Å². The van der Waals surface area contributed by atoms with E-state index in [0.717, 1.165) is 5.75 Å². The Balaban J connectivity index is 2.03. The Morgan fingerprint density at radius 1 is 1.48 bits per heavy atom. The first kappa shape index (κ1) is 15.3. The van der Waals surface area contributed by atoms with Crippen LogP contribution in [0.2, 0.25) is 0 Å². The van der Waals surface area contributed by atoms with E-state index >= 15 is 0 Å². The highest BCUT2D eigenvalue weighted by atomic mass is 79.9. The number of benzene rings is 1. The van der Waals surface area contributed by atoms with Crippen LogP contribution in [0.5, 0.6) is 0 Å². The van der Waals surface area contributed by atoms with E-state index < -0.39 is 9.84 Å². The molecule has 0 amide bonds. The van der Waals surface area contributed by atoms with Gasteiger partial charge in [-0.25, -0.2) is 12.8 Å². The number of amidine groups is 1. The summed E-state index contributed by atoms with van der Waals surface area (Å²) in [6, 6.07) is 4.23. The molecule has 2 heterocycles. The van der Waals surface area contributed by atoms with Crippen molar-refractivity contribution in [1.29, 1.82) is 0 Å². The number of thioether (sulfide) groups is 1. The fraction of sp³-hybridized carbons (Fsp3) is 0.462. The van der Waals surface area contributed by atoms with Crippen LogP contribution in [0.3, 0.4) is 0 Å². The van der Waals surface area contributed by atoms with E-state index in [1.165, 1.54) is 17.8 Å². The smallest absolute Gasteiger partial charge is 0.164 e. The van der Waals surface area contributed by atoms with Gasteiger partial charge in [-0.15, -0.1) is 0 Å². The maximum absolute atomic E-state index is 14.3. The molecular weight excluding hydrogens is 379 g/mol. The van der Waals surface area contributed by atoms with Crippen LogP contribution in [-0.4, -0.2) is 42.9 Å². The molecule has 1 aromatic rings. The lowest BCUT2D eigenvalue weighted by Crippen LogP contribution is -2.39. The van der Waals surface area contributed by atoms with Crippen molar-refractivity contribution >= 4 is 48.4 Å². The highest BCUT2D eigenvalue weighted by Crippen LogP contribution is 2.36. The highest BCUT2D eigenvalue weighted by molar-refractivity contribution is 9.10. The number of rotatable bonds is 2. The topological polar surface area (TPSA) is 49.7 Å². The Kier molecular flexibility index (Phi) is 4.04. The molecule has 0 N–H and O–H groups in total. The molecule has 0 spiro atoms. The van der Waals surface area contributed by atoms with Crippen LogP contribution in [0.4, 0.5) is 10.1 Å². The molecule has 2 atom stereocenters. The largest absolute Gasteiger partial charge is 0.312 e. The van der Waals surface area contributed by atoms with E-state index in [9.17, 15) is 12.8 Å². The van der Waals surface area contributed by atoms with E-state index in [-0.39, 0.29) is 29.4 Å². The number of hydrogen-bond acceptors (Lipinski definition) is 5. The summed E-state index contributed by atoms with van der Waals surface area (Å²) in [5.41, 5.74) is 0.391. The molecule has 0 aliphatic carbocycles.